The summed E-state index contributed by atoms with van der Waals surface area (Å²) >= 11 is 6.05. The van der Waals surface area contributed by atoms with Crippen LogP contribution in [0.1, 0.15) is 28.8 Å². The molecular weight excluding hydrogens is 362 g/mol. The van der Waals surface area contributed by atoms with Gasteiger partial charge >= 0.3 is 0 Å². The fourth-order valence-electron chi connectivity index (χ4n) is 2.95. The zero-order valence-electron chi connectivity index (χ0n) is 14.6. The van der Waals surface area contributed by atoms with Crippen molar-refractivity contribution in [2.24, 2.45) is 0 Å². The number of carbonyl (C=O) groups is 2. The molecule has 1 fully saturated rings. The second-order valence-electron chi connectivity index (χ2n) is 6.23. The van der Waals surface area contributed by atoms with E-state index in [0.29, 0.717) is 34.9 Å². The summed E-state index contributed by atoms with van der Waals surface area (Å²) in [5.74, 6) is -0.573. The summed E-state index contributed by atoms with van der Waals surface area (Å²) in [6.45, 7) is 1.37. The SMILES string of the molecule is N#CC(=Cc1cccc(NC(=O)c2ccccc2Cl)c1)C(=O)N1CCCC1. The summed E-state index contributed by atoms with van der Waals surface area (Å²) in [5, 5.41) is 12.5. The van der Waals surface area contributed by atoms with Crippen LogP contribution in [0.3, 0.4) is 0 Å². The molecular formula is C21H18ClN3O2. The largest absolute Gasteiger partial charge is 0.338 e. The Morgan fingerprint density at radius 3 is 2.56 bits per heavy atom. The Bertz CT molecular complexity index is 940. The topological polar surface area (TPSA) is 73.2 Å². The van der Waals surface area contributed by atoms with Gasteiger partial charge in [0.1, 0.15) is 11.6 Å². The molecule has 3 rings (SSSR count). The maximum absolute atomic E-state index is 12.4. The first kappa shape index (κ1) is 18.7. The molecule has 6 heteroatoms. The van der Waals surface area contributed by atoms with Crippen LogP contribution in [-0.4, -0.2) is 29.8 Å². The zero-order valence-corrected chi connectivity index (χ0v) is 15.4. The van der Waals surface area contributed by atoms with Crippen LogP contribution < -0.4 is 5.32 Å². The molecule has 1 aliphatic rings. The second kappa shape index (κ2) is 8.52. The maximum atomic E-state index is 12.4. The van der Waals surface area contributed by atoms with Gasteiger partial charge in [0.25, 0.3) is 11.8 Å². The average Bonchev–Trinajstić information content (AvgIpc) is 3.21. The quantitative estimate of drug-likeness (QED) is 0.641. The number of rotatable bonds is 4. The number of carbonyl (C=O) groups excluding carboxylic acids is 2. The lowest BCUT2D eigenvalue weighted by Crippen LogP contribution is -2.28. The molecule has 0 bridgehead atoms. The van der Waals surface area contributed by atoms with Gasteiger partial charge in [-0.15, -0.1) is 0 Å². The highest BCUT2D eigenvalue weighted by Crippen LogP contribution is 2.20. The number of hydrogen-bond acceptors (Lipinski definition) is 3. The molecule has 0 radical (unpaired) electrons. The lowest BCUT2D eigenvalue weighted by atomic mass is 10.1. The van der Waals surface area contributed by atoms with Crippen molar-refractivity contribution in [1.82, 2.24) is 4.90 Å². The standard InChI is InChI=1S/C21H18ClN3O2/c22-19-9-2-1-8-18(19)20(26)24-17-7-5-6-15(13-17)12-16(14-23)21(27)25-10-3-4-11-25/h1-2,5-9,12-13H,3-4,10-11H2,(H,24,26). The molecule has 1 aliphatic heterocycles. The Kier molecular flexibility index (Phi) is 5.90. The van der Waals surface area contributed by atoms with Crippen LogP contribution in [0.25, 0.3) is 6.08 Å². The third-order valence-corrected chi connectivity index (χ3v) is 4.65. The Hall–Kier alpha value is -3.10. The number of likely N-dealkylation sites (tertiary alicyclic amines) is 1. The Labute approximate surface area is 162 Å². The monoisotopic (exact) mass is 379 g/mol. The van der Waals surface area contributed by atoms with Gasteiger partial charge in [0.05, 0.1) is 10.6 Å². The van der Waals surface area contributed by atoms with Crippen molar-refractivity contribution >= 4 is 35.2 Å². The highest BCUT2D eigenvalue weighted by molar-refractivity contribution is 6.34. The number of amides is 2. The first-order valence-electron chi connectivity index (χ1n) is 8.65. The summed E-state index contributed by atoms with van der Waals surface area (Å²) < 4.78 is 0. The Morgan fingerprint density at radius 2 is 1.85 bits per heavy atom. The van der Waals surface area contributed by atoms with Crippen molar-refractivity contribution in [3.63, 3.8) is 0 Å². The lowest BCUT2D eigenvalue weighted by molar-refractivity contribution is -0.125. The van der Waals surface area contributed by atoms with E-state index in [2.05, 4.69) is 5.32 Å². The van der Waals surface area contributed by atoms with E-state index in [0.717, 1.165) is 12.8 Å². The third kappa shape index (κ3) is 4.55. The minimum absolute atomic E-state index is 0.0893. The molecule has 27 heavy (non-hydrogen) atoms. The van der Waals surface area contributed by atoms with Gasteiger partial charge in [-0.25, -0.2) is 0 Å². The van der Waals surface area contributed by atoms with Crippen LogP contribution in [-0.2, 0) is 4.79 Å². The summed E-state index contributed by atoms with van der Waals surface area (Å²) in [5.41, 5.74) is 1.68. The van der Waals surface area contributed by atoms with E-state index < -0.39 is 0 Å². The minimum Gasteiger partial charge on any atom is -0.338 e. The Balaban J connectivity index is 1.78. The van der Waals surface area contributed by atoms with Gasteiger partial charge in [-0.1, -0.05) is 35.9 Å². The summed E-state index contributed by atoms with van der Waals surface area (Å²) in [6, 6.07) is 15.8. The van der Waals surface area contributed by atoms with E-state index in [1.54, 1.807) is 59.5 Å². The maximum Gasteiger partial charge on any atom is 0.264 e. The van der Waals surface area contributed by atoms with Crippen molar-refractivity contribution < 1.29 is 9.59 Å². The fraction of sp³-hybridized carbons (Fsp3) is 0.190. The van der Waals surface area contributed by atoms with Crippen LogP contribution in [0.4, 0.5) is 5.69 Å². The average molecular weight is 380 g/mol. The molecule has 136 valence electrons. The number of nitrogens with one attached hydrogen (secondary N) is 1. The van der Waals surface area contributed by atoms with Gasteiger partial charge in [0.15, 0.2) is 0 Å². The number of anilines is 1. The predicted octanol–water partition coefficient (Wildman–Crippen LogP) is 4.12. The number of nitriles is 1. The number of benzene rings is 2. The van der Waals surface area contributed by atoms with E-state index in [4.69, 9.17) is 11.6 Å². The third-order valence-electron chi connectivity index (χ3n) is 4.32. The number of halogens is 1. The predicted molar refractivity (Wildman–Crippen MR) is 105 cm³/mol. The molecule has 2 aromatic rings. The van der Waals surface area contributed by atoms with Crippen LogP contribution in [0.15, 0.2) is 54.1 Å². The van der Waals surface area contributed by atoms with Crippen LogP contribution in [0.2, 0.25) is 5.02 Å². The summed E-state index contributed by atoms with van der Waals surface area (Å²) in [7, 11) is 0. The molecule has 0 spiro atoms. The van der Waals surface area contributed by atoms with Crippen molar-refractivity contribution in [2.45, 2.75) is 12.8 Å². The van der Waals surface area contributed by atoms with E-state index in [1.807, 2.05) is 6.07 Å². The van der Waals surface area contributed by atoms with Gasteiger partial charge in [-0.05, 0) is 48.7 Å². The highest BCUT2D eigenvalue weighted by atomic mass is 35.5. The molecule has 2 aromatic carbocycles. The zero-order chi connectivity index (χ0) is 19.2. The van der Waals surface area contributed by atoms with Gasteiger partial charge in [0, 0.05) is 18.8 Å². The second-order valence-corrected chi connectivity index (χ2v) is 6.64. The summed E-state index contributed by atoms with van der Waals surface area (Å²) in [6.07, 6.45) is 3.48. The van der Waals surface area contributed by atoms with E-state index in [1.165, 1.54) is 0 Å². The minimum atomic E-state index is -0.324. The molecule has 2 amide bonds. The smallest absolute Gasteiger partial charge is 0.264 e. The normalized spacial score (nSPS) is 13.9. The highest BCUT2D eigenvalue weighted by Gasteiger charge is 2.21. The molecule has 0 saturated carbocycles. The van der Waals surface area contributed by atoms with Crippen molar-refractivity contribution in [1.29, 1.82) is 5.26 Å². The summed E-state index contributed by atoms with van der Waals surface area (Å²) in [4.78, 5) is 26.5. The molecule has 1 saturated heterocycles. The molecule has 0 unspecified atom stereocenters. The Morgan fingerprint density at radius 1 is 1.11 bits per heavy atom. The lowest BCUT2D eigenvalue weighted by Gasteiger charge is -2.14. The van der Waals surface area contributed by atoms with Crippen molar-refractivity contribution in [2.75, 3.05) is 18.4 Å². The van der Waals surface area contributed by atoms with Crippen LogP contribution >= 0.6 is 11.6 Å². The van der Waals surface area contributed by atoms with Crippen molar-refractivity contribution in [3.8, 4) is 6.07 Å². The van der Waals surface area contributed by atoms with E-state index >= 15 is 0 Å². The van der Waals surface area contributed by atoms with E-state index in [9.17, 15) is 14.9 Å². The van der Waals surface area contributed by atoms with Crippen LogP contribution in [0, 0.1) is 11.3 Å². The first-order chi connectivity index (χ1) is 13.1. The number of nitrogens with zero attached hydrogens (tertiary/aromatic N) is 2. The molecule has 0 atom stereocenters. The first-order valence-corrected chi connectivity index (χ1v) is 9.03. The van der Waals surface area contributed by atoms with Crippen molar-refractivity contribution in [3.05, 3.63) is 70.3 Å². The van der Waals surface area contributed by atoms with Gasteiger partial charge in [-0.3, -0.25) is 9.59 Å². The van der Waals surface area contributed by atoms with Gasteiger partial charge < -0.3 is 10.2 Å². The van der Waals surface area contributed by atoms with Crippen LogP contribution in [0.5, 0.6) is 0 Å². The molecule has 1 N–H and O–H groups in total. The number of hydrogen-bond donors (Lipinski definition) is 1. The van der Waals surface area contributed by atoms with Gasteiger partial charge in [0.2, 0.25) is 0 Å². The van der Waals surface area contributed by atoms with Gasteiger partial charge in [-0.2, -0.15) is 5.26 Å². The molecule has 5 nitrogen and oxygen atoms in total. The molecule has 1 heterocycles. The van der Waals surface area contributed by atoms with E-state index in [-0.39, 0.29) is 17.4 Å². The molecule has 0 aromatic heterocycles. The fourth-order valence-corrected chi connectivity index (χ4v) is 3.17. The molecule has 0 aliphatic carbocycles.